The lowest BCUT2D eigenvalue weighted by Gasteiger charge is -2.29. The quantitative estimate of drug-likeness (QED) is 0.266. The zero-order valence-electron chi connectivity index (χ0n) is 21.4. The van der Waals surface area contributed by atoms with Gasteiger partial charge in [-0.15, -0.1) is 10.2 Å². The number of hydrogen-bond donors (Lipinski definition) is 3. The molecule has 1 heterocycles. The van der Waals surface area contributed by atoms with Crippen molar-refractivity contribution in [3.8, 4) is 0 Å². The minimum Gasteiger partial charge on any atom is -0.445 e. The first-order valence-corrected chi connectivity index (χ1v) is 12.9. The van der Waals surface area contributed by atoms with Gasteiger partial charge < -0.3 is 24.9 Å². The zero-order valence-corrected chi connectivity index (χ0v) is 22.2. The van der Waals surface area contributed by atoms with Crippen molar-refractivity contribution < 1.29 is 23.8 Å². The summed E-state index contributed by atoms with van der Waals surface area (Å²) in [4.78, 5) is 25.7. The Morgan fingerprint density at radius 3 is 2.37 bits per heavy atom. The van der Waals surface area contributed by atoms with E-state index in [9.17, 15) is 14.7 Å². The number of amides is 2. The molecule has 0 radical (unpaired) electrons. The average Bonchev–Trinajstić information content (AvgIpc) is 3.25. The first-order valence-electron chi connectivity index (χ1n) is 12.0. The number of rotatable bonds is 13. The largest absolute Gasteiger partial charge is 0.445 e. The third-order valence-corrected chi connectivity index (χ3v) is 5.88. The van der Waals surface area contributed by atoms with Crippen LogP contribution >= 0.6 is 11.8 Å². The summed E-state index contributed by atoms with van der Waals surface area (Å²) in [6, 6.07) is 8.35. The lowest BCUT2D eigenvalue weighted by Crippen LogP contribution is -2.54. The van der Waals surface area contributed by atoms with Gasteiger partial charge in [-0.2, -0.15) is 0 Å². The number of alkyl carbamates (subject to hydrolysis) is 1. The minimum atomic E-state index is -1.87. The number of thioether (sulfide) groups is 1. The van der Waals surface area contributed by atoms with Crippen LogP contribution in [0.5, 0.6) is 0 Å². The Kier molecular flexibility index (Phi) is 11.0. The molecule has 1 aromatic carbocycles. The number of benzene rings is 1. The Balaban J connectivity index is 2.15. The van der Waals surface area contributed by atoms with Gasteiger partial charge in [0.2, 0.25) is 11.6 Å². The van der Waals surface area contributed by atoms with E-state index in [1.807, 2.05) is 71.9 Å². The van der Waals surface area contributed by atoms with Gasteiger partial charge in [0, 0.05) is 11.7 Å². The van der Waals surface area contributed by atoms with E-state index in [0.717, 1.165) is 5.56 Å². The summed E-state index contributed by atoms with van der Waals surface area (Å²) in [5.41, 5.74) is -1.03. The van der Waals surface area contributed by atoms with Crippen LogP contribution in [0.4, 0.5) is 4.79 Å². The van der Waals surface area contributed by atoms with Gasteiger partial charge in [0.25, 0.3) is 11.1 Å². The molecule has 10 heteroatoms. The van der Waals surface area contributed by atoms with Crippen LogP contribution in [0, 0.1) is 11.8 Å². The summed E-state index contributed by atoms with van der Waals surface area (Å²) in [5.74, 6) is -0.271. The Morgan fingerprint density at radius 2 is 1.77 bits per heavy atom. The van der Waals surface area contributed by atoms with Gasteiger partial charge in [0.05, 0.1) is 0 Å². The van der Waals surface area contributed by atoms with Crippen LogP contribution in [-0.2, 0) is 21.9 Å². The number of carbonyl (C=O) groups is 2. The molecular formula is C25H38N4O5S. The second kappa shape index (κ2) is 13.5. The second-order valence-corrected chi connectivity index (χ2v) is 11.2. The molecule has 0 bridgehead atoms. The third kappa shape index (κ3) is 9.89. The number of nitrogens with one attached hydrogen (secondary N) is 2. The fourth-order valence-corrected chi connectivity index (χ4v) is 3.87. The number of carbonyl (C=O) groups excluding carboxylic acids is 2. The molecule has 194 valence electrons. The summed E-state index contributed by atoms with van der Waals surface area (Å²) >= 11 is 1.37. The van der Waals surface area contributed by atoms with Crippen LogP contribution in [-0.4, -0.2) is 38.6 Å². The van der Waals surface area contributed by atoms with Crippen molar-refractivity contribution in [2.24, 2.45) is 11.8 Å². The van der Waals surface area contributed by atoms with E-state index in [1.165, 1.54) is 11.8 Å². The van der Waals surface area contributed by atoms with Crippen molar-refractivity contribution >= 4 is 23.8 Å². The first kappa shape index (κ1) is 28.6. The molecule has 0 fully saturated rings. The van der Waals surface area contributed by atoms with Gasteiger partial charge in [-0.05, 0) is 30.2 Å². The van der Waals surface area contributed by atoms with Crippen molar-refractivity contribution in [3.05, 3.63) is 41.8 Å². The van der Waals surface area contributed by atoms with Crippen molar-refractivity contribution in [1.29, 1.82) is 0 Å². The highest BCUT2D eigenvalue weighted by Gasteiger charge is 2.39. The molecule has 2 amide bonds. The minimum absolute atomic E-state index is 0.0791. The molecule has 2 rings (SSSR count). The van der Waals surface area contributed by atoms with Crippen molar-refractivity contribution in [1.82, 2.24) is 20.8 Å². The number of hydrogen-bond acceptors (Lipinski definition) is 8. The monoisotopic (exact) mass is 506 g/mol. The Morgan fingerprint density at radius 1 is 1.09 bits per heavy atom. The van der Waals surface area contributed by atoms with Crippen molar-refractivity contribution in [2.45, 2.75) is 89.7 Å². The van der Waals surface area contributed by atoms with E-state index in [1.54, 1.807) is 0 Å². The van der Waals surface area contributed by atoms with Gasteiger partial charge in [-0.1, -0.05) is 83.6 Å². The molecule has 35 heavy (non-hydrogen) atoms. The smallest absolute Gasteiger partial charge is 0.408 e. The summed E-state index contributed by atoms with van der Waals surface area (Å²) < 4.78 is 11.0. The Hall–Kier alpha value is -2.59. The van der Waals surface area contributed by atoms with E-state index in [-0.39, 0.29) is 36.0 Å². The van der Waals surface area contributed by atoms with E-state index in [4.69, 9.17) is 9.15 Å². The molecule has 0 spiro atoms. The molecule has 3 N–H and O–H groups in total. The zero-order chi connectivity index (χ0) is 26.0. The first-order chi connectivity index (χ1) is 16.5. The van der Waals surface area contributed by atoms with Crippen LogP contribution in [0.1, 0.15) is 72.3 Å². The van der Waals surface area contributed by atoms with Crippen molar-refractivity contribution in [3.63, 3.8) is 0 Å². The number of aliphatic hydroxyl groups is 1. The van der Waals surface area contributed by atoms with E-state index in [0.29, 0.717) is 18.1 Å². The number of aromatic nitrogens is 2. The molecule has 9 nitrogen and oxygen atoms in total. The third-order valence-electron chi connectivity index (χ3n) is 5.04. The molecule has 0 saturated carbocycles. The van der Waals surface area contributed by atoms with E-state index >= 15 is 0 Å². The van der Waals surface area contributed by atoms with Gasteiger partial charge in [-0.3, -0.25) is 4.79 Å². The summed E-state index contributed by atoms with van der Waals surface area (Å²) in [6.07, 6.45) is 0.420. The molecule has 2 aromatic rings. The van der Waals surface area contributed by atoms with Crippen LogP contribution < -0.4 is 10.6 Å². The maximum absolute atomic E-state index is 13.3. The summed E-state index contributed by atoms with van der Waals surface area (Å²) in [6.45, 7) is 12.0. The standard InChI is InChI=1S/C25H38N4O5S/c1-16(2)12-13-25(32,22-28-29-24(34-22)35-18(5)6)27-21(30)20(14-17(3)4)26-23(31)33-15-19-10-8-7-9-11-19/h7-11,16-18,20,32H,12-15H2,1-6H3,(H,26,31)(H,27,30). The van der Waals surface area contributed by atoms with E-state index < -0.39 is 23.8 Å². The predicted octanol–water partition coefficient (Wildman–Crippen LogP) is 4.61. The predicted molar refractivity (Wildman–Crippen MR) is 134 cm³/mol. The average molecular weight is 507 g/mol. The van der Waals surface area contributed by atoms with Gasteiger partial charge >= 0.3 is 6.09 Å². The highest BCUT2D eigenvalue weighted by Crippen LogP contribution is 2.29. The topological polar surface area (TPSA) is 127 Å². The van der Waals surface area contributed by atoms with Gasteiger partial charge in [-0.25, -0.2) is 4.79 Å². The molecule has 0 aliphatic heterocycles. The lowest BCUT2D eigenvalue weighted by atomic mass is 9.98. The van der Waals surface area contributed by atoms with Crippen molar-refractivity contribution in [2.75, 3.05) is 0 Å². The molecule has 2 unspecified atom stereocenters. The lowest BCUT2D eigenvalue weighted by molar-refractivity contribution is -0.135. The maximum Gasteiger partial charge on any atom is 0.408 e. The molecule has 0 saturated heterocycles. The van der Waals surface area contributed by atoms with Gasteiger partial charge in [0.15, 0.2) is 0 Å². The summed E-state index contributed by atoms with van der Waals surface area (Å²) in [7, 11) is 0. The normalized spacial score (nSPS) is 14.1. The van der Waals surface area contributed by atoms with Crippen LogP contribution in [0.25, 0.3) is 0 Å². The fourth-order valence-electron chi connectivity index (χ4n) is 3.25. The second-order valence-electron chi connectivity index (χ2n) is 9.71. The van der Waals surface area contributed by atoms with E-state index in [2.05, 4.69) is 20.8 Å². The highest BCUT2D eigenvalue weighted by molar-refractivity contribution is 7.99. The molecular weight excluding hydrogens is 468 g/mol. The Bertz CT molecular complexity index is 935. The number of ether oxygens (including phenoxy) is 1. The molecule has 1 aromatic heterocycles. The summed E-state index contributed by atoms with van der Waals surface area (Å²) in [5, 5.41) is 25.3. The van der Waals surface area contributed by atoms with Gasteiger partial charge in [0.1, 0.15) is 12.6 Å². The van der Waals surface area contributed by atoms with Crippen LogP contribution in [0.3, 0.4) is 0 Å². The van der Waals surface area contributed by atoms with Crippen LogP contribution in [0.2, 0.25) is 0 Å². The van der Waals surface area contributed by atoms with Crippen LogP contribution in [0.15, 0.2) is 40.0 Å². The highest BCUT2D eigenvalue weighted by atomic mass is 32.2. The molecule has 2 atom stereocenters. The Labute approximate surface area is 211 Å². The molecule has 0 aliphatic rings. The SMILES string of the molecule is CC(C)CCC(O)(NC(=O)C(CC(C)C)NC(=O)OCc1ccccc1)c1nnc(SC(C)C)o1. The fraction of sp³-hybridized carbons (Fsp3) is 0.600. The molecule has 0 aliphatic carbocycles. The number of nitrogens with zero attached hydrogens (tertiary/aromatic N) is 2. The maximum atomic E-state index is 13.3.